The van der Waals surface area contributed by atoms with E-state index >= 15 is 0 Å². The number of phenolic OH excluding ortho intramolecular Hbond substituents is 1. The van der Waals surface area contributed by atoms with Gasteiger partial charge in [-0.3, -0.25) is 4.79 Å². The molecule has 1 atom stereocenters. The Bertz CT molecular complexity index is 732. The Balaban J connectivity index is 1.93. The number of carbonyl (C=O) groups excluding carboxylic acids is 1. The molecule has 0 saturated carbocycles. The topological polar surface area (TPSA) is 49.8 Å². The Labute approximate surface area is 134 Å². The molecule has 0 aliphatic carbocycles. The van der Waals surface area contributed by atoms with Crippen molar-refractivity contribution in [1.82, 2.24) is 0 Å². The van der Waals surface area contributed by atoms with Crippen LogP contribution in [-0.2, 0) is 11.2 Å². The van der Waals surface area contributed by atoms with Crippen LogP contribution in [-0.4, -0.2) is 23.7 Å². The number of rotatable bonds is 4. The molecule has 1 amide bonds. The minimum absolute atomic E-state index is 0.0687. The standard InChI is InChI=1S/C18H18FNO3/c1-2-9-20-15-8-7-13(21)11-16(15)23-17(18(20)22)10-12-5-3-4-6-14(12)19/h3-8,11,17,21H,2,9-10H2,1H3. The van der Waals surface area contributed by atoms with E-state index in [4.69, 9.17) is 4.74 Å². The van der Waals surface area contributed by atoms with Crippen LogP contribution in [0.1, 0.15) is 18.9 Å². The number of amides is 1. The number of nitrogens with zero attached hydrogens (tertiary/aromatic N) is 1. The van der Waals surface area contributed by atoms with Crippen molar-refractivity contribution in [2.24, 2.45) is 0 Å². The summed E-state index contributed by atoms with van der Waals surface area (Å²) in [5.74, 6) is -0.0282. The molecule has 1 N–H and O–H groups in total. The maximum atomic E-state index is 13.9. The van der Waals surface area contributed by atoms with Crippen molar-refractivity contribution in [2.75, 3.05) is 11.4 Å². The van der Waals surface area contributed by atoms with E-state index in [9.17, 15) is 14.3 Å². The number of phenols is 1. The second kappa shape index (κ2) is 6.28. The van der Waals surface area contributed by atoms with Crippen molar-refractivity contribution >= 4 is 11.6 Å². The lowest BCUT2D eigenvalue weighted by Gasteiger charge is -2.34. The average Bonchev–Trinajstić information content (AvgIpc) is 2.53. The van der Waals surface area contributed by atoms with E-state index in [1.54, 1.807) is 29.2 Å². The lowest BCUT2D eigenvalue weighted by molar-refractivity contribution is -0.126. The third kappa shape index (κ3) is 2.99. The minimum atomic E-state index is -0.798. The van der Waals surface area contributed by atoms with Gasteiger partial charge in [0.15, 0.2) is 6.10 Å². The van der Waals surface area contributed by atoms with E-state index in [-0.39, 0.29) is 23.9 Å². The van der Waals surface area contributed by atoms with Crippen LogP contribution in [0.2, 0.25) is 0 Å². The van der Waals surface area contributed by atoms with Gasteiger partial charge in [-0.2, -0.15) is 0 Å². The molecule has 0 bridgehead atoms. The highest BCUT2D eigenvalue weighted by atomic mass is 19.1. The zero-order valence-electron chi connectivity index (χ0n) is 12.8. The van der Waals surface area contributed by atoms with Crippen molar-refractivity contribution in [3.63, 3.8) is 0 Å². The molecule has 3 rings (SSSR count). The van der Waals surface area contributed by atoms with Crippen LogP contribution in [0.25, 0.3) is 0 Å². The second-order valence-electron chi connectivity index (χ2n) is 5.54. The number of aromatic hydroxyl groups is 1. The monoisotopic (exact) mass is 315 g/mol. The van der Waals surface area contributed by atoms with Gasteiger partial charge in [-0.15, -0.1) is 0 Å². The van der Waals surface area contributed by atoms with Gasteiger partial charge in [-0.1, -0.05) is 25.1 Å². The average molecular weight is 315 g/mol. The van der Waals surface area contributed by atoms with Gasteiger partial charge in [0.05, 0.1) is 5.69 Å². The van der Waals surface area contributed by atoms with Crippen LogP contribution in [0, 0.1) is 5.82 Å². The predicted molar refractivity (Wildman–Crippen MR) is 85.3 cm³/mol. The number of benzene rings is 2. The third-order valence-electron chi connectivity index (χ3n) is 3.86. The van der Waals surface area contributed by atoms with Gasteiger partial charge in [-0.05, 0) is 30.2 Å². The molecule has 0 saturated heterocycles. The predicted octanol–water partition coefficient (Wildman–Crippen LogP) is 3.28. The Hall–Kier alpha value is -2.56. The summed E-state index contributed by atoms with van der Waals surface area (Å²) in [5, 5.41) is 9.65. The zero-order valence-corrected chi connectivity index (χ0v) is 12.8. The van der Waals surface area contributed by atoms with E-state index in [2.05, 4.69) is 0 Å². The first-order chi connectivity index (χ1) is 11.1. The molecular weight excluding hydrogens is 297 g/mol. The highest BCUT2D eigenvalue weighted by Gasteiger charge is 2.34. The molecule has 1 unspecified atom stereocenters. The van der Waals surface area contributed by atoms with Gasteiger partial charge >= 0.3 is 0 Å². The summed E-state index contributed by atoms with van der Waals surface area (Å²) in [6.07, 6.45) is 0.145. The molecule has 1 aliphatic heterocycles. The summed E-state index contributed by atoms with van der Waals surface area (Å²) in [6.45, 7) is 2.53. The van der Waals surface area contributed by atoms with Crippen molar-refractivity contribution in [3.8, 4) is 11.5 Å². The summed E-state index contributed by atoms with van der Waals surface area (Å²) >= 11 is 0. The molecule has 0 aromatic heterocycles. The zero-order chi connectivity index (χ0) is 16.4. The molecule has 23 heavy (non-hydrogen) atoms. The van der Waals surface area contributed by atoms with E-state index in [0.29, 0.717) is 23.5 Å². The summed E-state index contributed by atoms with van der Waals surface area (Å²) < 4.78 is 19.6. The molecule has 0 fully saturated rings. The molecule has 4 nitrogen and oxygen atoms in total. The Morgan fingerprint density at radius 2 is 2.04 bits per heavy atom. The number of fused-ring (bicyclic) bond motifs is 1. The van der Waals surface area contributed by atoms with Gasteiger partial charge in [0.1, 0.15) is 17.3 Å². The van der Waals surface area contributed by atoms with Crippen molar-refractivity contribution < 1.29 is 19.0 Å². The van der Waals surface area contributed by atoms with E-state index in [1.165, 1.54) is 18.2 Å². The fourth-order valence-corrected chi connectivity index (χ4v) is 2.76. The molecule has 5 heteroatoms. The summed E-state index contributed by atoms with van der Waals surface area (Å²) in [7, 11) is 0. The normalized spacial score (nSPS) is 16.9. The number of ether oxygens (including phenoxy) is 1. The Morgan fingerprint density at radius 3 is 2.78 bits per heavy atom. The van der Waals surface area contributed by atoms with Crippen LogP contribution >= 0.6 is 0 Å². The molecule has 2 aromatic rings. The second-order valence-corrected chi connectivity index (χ2v) is 5.54. The van der Waals surface area contributed by atoms with Gasteiger partial charge in [-0.25, -0.2) is 4.39 Å². The lowest BCUT2D eigenvalue weighted by atomic mass is 10.0. The summed E-state index contributed by atoms with van der Waals surface area (Å²) in [4.78, 5) is 14.3. The maximum Gasteiger partial charge on any atom is 0.268 e. The Kier molecular flexibility index (Phi) is 4.19. The lowest BCUT2D eigenvalue weighted by Crippen LogP contribution is -2.47. The summed E-state index contributed by atoms with van der Waals surface area (Å²) in [6, 6.07) is 11.0. The first kappa shape index (κ1) is 15.3. The van der Waals surface area contributed by atoms with Gasteiger partial charge in [0, 0.05) is 19.0 Å². The van der Waals surface area contributed by atoms with E-state index in [0.717, 1.165) is 6.42 Å². The highest BCUT2D eigenvalue weighted by molar-refractivity contribution is 6.00. The molecule has 1 heterocycles. The molecular formula is C18H18FNO3. The van der Waals surface area contributed by atoms with Crippen molar-refractivity contribution in [2.45, 2.75) is 25.9 Å². The molecule has 1 aliphatic rings. The number of hydrogen-bond acceptors (Lipinski definition) is 3. The van der Waals surface area contributed by atoms with E-state index < -0.39 is 6.10 Å². The van der Waals surface area contributed by atoms with Crippen molar-refractivity contribution in [1.29, 1.82) is 0 Å². The number of carbonyl (C=O) groups is 1. The van der Waals surface area contributed by atoms with Crippen LogP contribution in [0.4, 0.5) is 10.1 Å². The fourth-order valence-electron chi connectivity index (χ4n) is 2.76. The largest absolute Gasteiger partial charge is 0.508 e. The number of anilines is 1. The SMILES string of the molecule is CCCN1C(=O)C(Cc2ccccc2F)Oc2cc(O)ccc21. The smallest absolute Gasteiger partial charge is 0.268 e. The maximum absolute atomic E-state index is 13.9. The van der Waals surface area contributed by atoms with Crippen LogP contribution < -0.4 is 9.64 Å². The van der Waals surface area contributed by atoms with Crippen molar-refractivity contribution in [3.05, 3.63) is 53.8 Å². The van der Waals surface area contributed by atoms with Crippen LogP contribution in [0.3, 0.4) is 0 Å². The number of hydrogen-bond donors (Lipinski definition) is 1. The number of halogens is 1. The van der Waals surface area contributed by atoms with E-state index in [1.807, 2.05) is 6.92 Å². The van der Waals surface area contributed by atoms with Gasteiger partial charge < -0.3 is 14.7 Å². The molecule has 120 valence electrons. The van der Waals surface area contributed by atoms with Gasteiger partial charge in [0.2, 0.25) is 0 Å². The molecule has 2 aromatic carbocycles. The first-order valence-electron chi connectivity index (χ1n) is 7.64. The molecule has 0 radical (unpaired) electrons. The first-order valence-corrected chi connectivity index (χ1v) is 7.64. The summed E-state index contributed by atoms with van der Waals surface area (Å²) in [5.41, 5.74) is 1.07. The Morgan fingerprint density at radius 1 is 1.26 bits per heavy atom. The highest BCUT2D eigenvalue weighted by Crippen LogP contribution is 2.37. The minimum Gasteiger partial charge on any atom is -0.508 e. The van der Waals surface area contributed by atoms with Crippen LogP contribution in [0.15, 0.2) is 42.5 Å². The third-order valence-corrected chi connectivity index (χ3v) is 3.86. The van der Waals surface area contributed by atoms with Gasteiger partial charge in [0.25, 0.3) is 5.91 Å². The fraction of sp³-hybridized carbons (Fsp3) is 0.278. The quantitative estimate of drug-likeness (QED) is 0.942. The van der Waals surface area contributed by atoms with Crippen LogP contribution in [0.5, 0.6) is 11.5 Å². The molecule has 0 spiro atoms.